The molecule has 0 aliphatic heterocycles. The van der Waals surface area contributed by atoms with Crippen molar-refractivity contribution in [3.05, 3.63) is 69.6 Å². The van der Waals surface area contributed by atoms with Gasteiger partial charge in [-0.15, -0.1) is 11.3 Å². The summed E-state index contributed by atoms with van der Waals surface area (Å²) in [7, 11) is 1.20. The molecule has 2 aromatic carbocycles. The number of nitrogens with one attached hydrogen (secondary N) is 2. The molecular weight excluding hydrogens is 418 g/mol. The number of fused-ring (bicyclic) bond motifs is 3. The van der Waals surface area contributed by atoms with E-state index >= 15 is 0 Å². The Morgan fingerprint density at radius 2 is 1.84 bits per heavy atom. The monoisotopic (exact) mass is 435 g/mol. The van der Waals surface area contributed by atoms with Crippen molar-refractivity contribution in [1.82, 2.24) is 0 Å². The number of thiophene rings is 1. The third-order valence-corrected chi connectivity index (χ3v) is 6.11. The second kappa shape index (κ2) is 7.69. The smallest absolute Gasteiger partial charge is 0.341 e. The van der Waals surface area contributed by atoms with Gasteiger partial charge >= 0.3 is 5.97 Å². The number of carbonyl (C=O) groups is 3. The highest BCUT2D eigenvalue weighted by molar-refractivity contribution is 7.18. The first-order valence-corrected chi connectivity index (χ1v) is 9.96. The molecule has 4 N–H and O–H groups in total. The van der Waals surface area contributed by atoms with E-state index in [0.717, 1.165) is 22.1 Å². The van der Waals surface area contributed by atoms with Crippen molar-refractivity contribution >= 4 is 55.9 Å². The topological polar surface area (TPSA) is 135 Å². The Hall–Kier alpha value is -3.98. The maximum atomic E-state index is 12.9. The van der Waals surface area contributed by atoms with Crippen molar-refractivity contribution < 1.29 is 23.5 Å². The number of hydrogen-bond acceptors (Lipinski definition) is 7. The summed E-state index contributed by atoms with van der Waals surface area (Å²) in [5.41, 5.74) is 5.89. The fraction of sp³-hybridized carbons (Fsp3) is 0.0909. The lowest BCUT2D eigenvalue weighted by molar-refractivity contribution is 0.0601. The first kappa shape index (κ1) is 20.3. The number of nitrogens with two attached hydrogens (primary N) is 1. The molecule has 2 heterocycles. The Kier molecular flexibility index (Phi) is 5.04. The predicted molar refractivity (Wildman–Crippen MR) is 116 cm³/mol. The van der Waals surface area contributed by atoms with Gasteiger partial charge in [-0.05, 0) is 23.9 Å². The summed E-state index contributed by atoms with van der Waals surface area (Å²) < 4.78 is 10.4. The fourth-order valence-corrected chi connectivity index (χ4v) is 4.43. The molecule has 0 aliphatic carbocycles. The van der Waals surface area contributed by atoms with Crippen LogP contribution in [0.1, 0.15) is 36.0 Å². The summed E-state index contributed by atoms with van der Waals surface area (Å²) in [6, 6.07) is 12.8. The van der Waals surface area contributed by atoms with Crippen LogP contribution in [0.15, 0.2) is 46.9 Å². The number of rotatable bonds is 4. The van der Waals surface area contributed by atoms with Crippen molar-refractivity contribution in [1.29, 1.82) is 5.41 Å². The highest BCUT2D eigenvalue weighted by atomic mass is 32.1. The molecule has 4 rings (SSSR count). The van der Waals surface area contributed by atoms with Crippen LogP contribution < -0.4 is 16.6 Å². The lowest BCUT2D eigenvalue weighted by atomic mass is 10.1. The summed E-state index contributed by atoms with van der Waals surface area (Å²) in [5, 5.41) is 13.4. The summed E-state index contributed by atoms with van der Waals surface area (Å²) in [5.74, 6) is -2.09. The van der Waals surface area contributed by atoms with Crippen molar-refractivity contribution in [3.8, 4) is 0 Å². The van der Waals surface area contributed by atoms with Gasteiger partial charge in [0.25, 0.3) is 11.8 Å². The first-order chi connectivity index (χ1) is 14.8. The van der Waals surface area contributed by atoms with Gasteiger partial charge in [0.1, 0.15) is 16.1 Å². The maximum Gasteiger partial charge on any atom is 0.341 e. The Bertz CT molecular complexity index is 1450. The standard InChI is InChI=1S/C22H17N3O5S/c1-10-15(22(28)29-2)21(31-17(10)18(23)26)25-20(27)14-9-12-8-7-11-5-3-4-6-13(11)16(12)30-19(14)24/h3-9,24H,1-2H3,(H2,23,26)(H,25,27). The van der Waals surface area contributed by atoms with E-state index in [1.807, 2.05) is 30.3 Å². The molecule has 31 heavy (non-hydrogen) atoms. The molecule has 0 radical (unpaired) electrons. The average molecular weight is 435 g/mol. The molecule has 4 aromatic rings. The number of benzene rings is 2. The Balaban J connectivity index is 1.79. The van der Waals surface area contributed by atoms with Gasteiger partial charge in [-0.25, -0.2) is 4.79 Å². The van der Waals surface area contributed by atoms with Crippen molar-refractivity contribution in [2.75, 3.05) is 12.4 Å². The third kappa shape index (κ3) is 3.44. The van der Waals surface area contributed by atoms with Crippen molar-refractivity contribution in [2.24, 2.45) is 5.73 Å². The molecule has 156 valence electrons. The third-order valence-electron chi connectivity index (χ3n) is 4.89. The SMILES string of the molecule is COC(=O)c1c(NC(=O)c2cc3ccc4ccccc4c3oc2=N)sc(C(N)=O)c1C. The number of amides is 2. The van der Waals surface area contributed by atoms with Gasteiger partial charge < -0.3 is 20.2 Å². The lowest BCUT2D eigenvalue weighted by Crippen LogP contribution is -2.21. The van der Waals surface area contributed by atoms with Crippen molar-refractivity contribution in [3.63, 3.8) is 0 Å². The molecule has 0 fully saturated rings. The van der Waals surface area contributed by atoms with Crippen LogP contribution >= 0.6 is 11.3 Å². The van der Waals surface area contributed by atoms with Crippen LogP contribution in [-0.2, 0) is 4.74 Å². The summed E-state index contributed by atoms with van der Waals surface area (Å²) in [4.78, 5) is 37.0. The number of ether oxygens (including phenoxy) is 1. The molecule has 9 heteroatoms. The largest absolute Gasteiger partial charge is 0.465 e. The molecule has 2 amide bonds. The van der Waals surface area contributed by atoms with Crippen LogP contribution in [0.3, 0.4) is 0 Å². The second-order valence-electron chi connectivity index (χ2n) is 6.76. The van der Waals surface area contributed by atoms with Gasteiger partial charge in [0, 0.05) is 10.8 Å². The lowest BCUT2D eigenvalue weighted by Gasteiger charge is -2.08. The minimum absolute atomic E-state index is 0.0229. The normalized spacial score (nSPS) is 10.9. The van der Waals surface area contributed by atoms with E-state index in [-0.39, 0.29) is 26.6 Å². The number of hydrogen-bond donors (Lipinski definition) is 3. The predicted octanol–water partition coefficient (Wildman–Crippen LogP) is 3.57. The molecule has 0 saturated carbocycles. The average Bonchev–Trinajstić information content (AvgIpc) is 3.08. The van der Waals surface area contributed by atoms with Crippen molar-refractivity contribution in [2.45, 2.75) is 6.92 Å². The van der Waals surface area contributed by atoms with Crippen LogP contribution in [0.4, 0.5) is 5.00 Å². The summed E-state index contributed by atoms with van der Waals surface area (Å²) in [6.45, 7) is 1.55. The number of primary amides is 1. The number of anilines is 1. The zero-order chi connectivity index (χ0) is 22.3. The minimum Gasteiger partial charge on any atom is -0.465 e. The summed E-state index contributed by atoms with van der Waals surface area (Å²) >= 11 is 0.873. The molecule has 0 spiro atoms. The van der Waals surface area contributed by atoms with Crippen LogP contribution in [0, 0.1) is 12.3 Å². The number of esters is 1. The maximum absolute atomic E-state index is 12.9. The van der Waals surface area contributed by atoms with Gasteiger partial charge in [0.15, 0.2) is 0 Å². The second-order valence-corrected chi connectivity index (χ2v) is 7.79. The van der Waals surface area contributed by atoms with Gasteiger partial charge in [0.2, 0.25) is 5.55 Å². The van der Waals surface area contributed by atoms with E-state index in [1.165, 1.54) is 7.11 Å². The molecule has 8 nitrogen and oxygen atoms in total. The van der Waals surface area contributed by atoms with Gasteiger partial charge in [-0.1, -0.05) is 36.4 Å². The molecule has 0 saturated heterocycles. The molecular formula is C22H17N3O5S. The van der Waals surface area contributed by atoms with Gasteiger partial charge in [-0.3, -0.25) is 15.0 Å². The Morgan fingerprint density at radius 1 is 1.13 bits per heavy atom. The van der Waals surface area contributed by atoms with Gasteiger partial charge in [-0.2, -0.15) is 0 Å². The van der Waals surface area contributed by atoms with E-state index in [2.05, 4.69) is 5.32 Å². The first-order valence-electron chi connectivity index (χ1n) is 9.15. The highest BCUT2D eigenvalue weighted by Gasteiger charge is 2.26. The van der Waals surface area contributed by atoms with Crippen LogP contribution in [-0.4, -0.2) is 24.9 Å². The summed E-state index contributed by atoms with van der Waals surface area (Å²) in [6.07, 6.45) is 0. The molecule has 0 aliphatic rings. The molecule has 0 unspecified atom stereocenters. The van der Waals surface area contributed by atoms with E-state index in [1.54, 1.807) is 19.1 Å². The molecule has 0 bridgehead atoms. The van der Waals surface area contributed by atoms with Crippen LogP contribution in [0.25, 0.3) is 21.7 Å². The quantitative estimate of drug-likeness (QED) is 0.333. The van der Waals surface area contributed by atoms with E-state index < -0.39 is 17.8 Å². The van der Waals surface area contributed by atoms with Gasteiger partial charge in [0.05, 0.1) is 17.6 Å². The number of carbonyl (C=O) groups excluding carboxylic acids is 3. The zero-order valence-electron chi connectivity index (χ0n) is 16.6. The highest BCUT2D eigenvalue weighted by Crippen LogP contribution is 2.34. The van der Waals surface area contributed by atoms with Crippen LogP contribution in [0.5, 0.6) is 0 Å². The molecule has 0 atom stereocenters. The minimum atomic E-state index is -0.720. The van der Waals surface area contributed by atoms with Crippen LogP contribution in [0.2, 0.25) is 0 Å². The number of methoxy groups -OCH3 is 1. The zero-order valence-corrected chi connectivity index (χ0v) is 17.4. The van der Waals surface area contributed by atoms with E-state index in [0.29, 0.717) is 16.5 Å². The Labute approximate surface area is 179 Å². The van der Waals surface area contributed by atoms with E-state index in [4.69, 9.17) is 20.3 Å². The fourth-order valence-electron chi connectivity index (χ4n) is 3.39. The molecule has 2 aromatic heterocycles. The van der Waals surface area contributed by atoms with E-state index in [9.17, 15) is 14.4 Å². The Morgan fingerprint density at radius 3 is 2.55 bits per heavy atom.